The van der Waals surface area contributed by atoms with Crippen molar-refractivity contribution in [2.24, 2.45) is 0 Å². The molecule has 5 atom stereocenters. The van der Waals surface area contributed by atoms with Crippen LogP contribution in [0.15, 0.2) is 0 Å². The van der Waals surface area contributed by atoms with Gasteiger partial charge in [-0.25, -0.2) is 0 Å². The van der Waals surface area contributed by atoms with Gasteiger partial charge in [-0.1, -0.05) is 0 Å². The van der Waals surface area contributed by atoms with Gasteiger partial charge in [0.1, 0.15) is 24.4 Å². The van der Waals surface area contributed by atoms with E-state index in [1.165, 1.54) is 0 Å². The molecular weight excluding hydrogens is 192 g/mol. The van der Waals surface area contributed by atoms with Crippen LogP contribution in [0.4, 0.5) is 0 Å². The molecule has 0 aromatic carbocycles. The highest BCUT2D eigenvalue weighted by atomic mass is 16.7. The van der Waals surface area contributed by atoms with Gasteiger partial charge in [-0.15, -0.1) is 6.42 Å². The number of aliphatic hydroxyl groups is 5. The maximum absolute atomic E-state index is 9.45. The molecule has 5 N–H and O–H groups in total. The summed E-state index contributed by atoms with van der Waals surface area (Å²) >= 11 is 0. The lowest BCUT2D eigenvalue weighted by atomic mass is 9.93. The van der Waals surface area contributed by atoms with Crippen LogP contribution in [0.3, 0.4) is 0 Å². The van der Waals surface area contributed by atoms with Crippen molar-refractivity contribution in [3.63, 3.8) is 0 Å². The zero-order valence-corrected chi connectivity index (χ0v) is 7.24. The predicted molar refractivity (Wildman–Crippen MR) is 43.8 cm³/mol. The summed E-state index contributed by atoms with van der Waals surface area (Å²) in [4.78, 5) is 0. The summed E-state index contributed by atoms with van der Waals surface area (Å²) in [5.41, 5.74) is 0. The van der Waals surface area contributed by atoms with E-state index >= 15 is 0 Å². The average molecular weight is 204 g/mol. The number of hydrogen-bond donors (Lipinski definition) is 5. The second-order valence-electron chi connectivity index (χ2n) is 3.11. The van der Waals surface area contributed by atoms with Crippen LogP contribution in [-0.4, -0.2) is 62.3 Å². The first-order valence-corrected chi connectivity index (χ1v) is 3.99. The highest BCUT2D eigenvalue weighted by molar-refractivity contribution is 5.11. The Hall–Kier alpha value is -0.680. The molecule has 0 aromatic rings. The lowest BCUT2D eigenvalue weighted by Gasteiger charge is -2.42. The number of hydrogen-bond acceptors (Lipinski definition) is 6. The van der Waals surface area contributed by atoms with Crippen LogP contribution in [0, 0.1) is 12.3 Å². The van der Waals surface area contributed by atoms with E-state index in [4.69, 9.17) is 11.5 Å². The van der Waals surface area contributed by atoms with Crippen LogP contribution < -0.4 is 0 Å². The van der Waals surface area contributed by atoms with Crippen LogP contribution >= 0.6 is 0 Å². The first-order chi connectivity index (χ1) is 6.46. The number of terminal acetylenes is 1. The van der Waals surface area contributed by atoms with Gasteiger partial charge in [-0.05, 0) is 5.92 Å². The van der Waals surface area contributed by atoms with Gasteiger partial charge in [0.15, 0.2) is 0 Å². The highest BCUT2D eigenvalue weighted by Gasteiger charge is 2.51. The molecule has 1 heterocycles. The van der Waals surface area contributed by atoms with E-state index < -0.39 is 36.8 Å². The molecule has 6 heteroatoms. The molecule has 0 amide bonds. The van der Waals surface area contributed by atoms with Crippen molar-refractivity contribution >= 4 is 0 Å². The quantitative estimate of drug-likeness (QED) is 0.287. The lowest BCUT2D eigenvalue weighted by molar-refractivity contribution is -0.322. The molecule has 0 spiro atoms. The van der Waals surface area contributed by atoms with Crippen molar-refractivity contribution in [1.82, 2.24) is 0 Å². The zero-order chi connectivity index (χ0) is 10.9. The predicted octanol–water partition coefficient (Wildman–Crippen LogP) is -3.22. The molecule has 80 valence electrons. The van der Waals surface area contributed by atoms with Gasteiger partial charge in [0.05, 0.1) is 6.61 Å². The number of ether oxygens (including phenoxy) is 1. The minimum atomic E-state index is -2.38. The molecular formula is C8H12O6. The molecule has 14 heavy (non-hydrogen) atoms. The van der Waals surface area contributed by atoms with Crippen LogP contribution in [0.5, 0.6) is 0 Å². The number of aliphatic hydroxyl groups excluding tert-OH is 4. The average Bonchev–Trinajstić information content (AvgIpc) is 2.20. The minimum absolute atomic E-state index is 0.630. The Labute approximate surface area is 80.4 Å². The van der Waals surface area contributed by atoms with Gasteiger partial charge >= 0.3 is 0 Å². The Morgan fingerprint density at radius 2 is 1.86 bits per heavy atom. The summed E-state index contributed by atoms with van der Waals surface area (Å²) in [6.45, 7) is -0.630. The summed E-state index contributed by atoms with van der Waals surface area (Å²) < 4.78 is 4.68. The van der Waals surface area contributed by atoms with E-state index in [1.54, 1.807) is 5.92 Å². The van der Waals surface area contributed by atoms with E-state index in [0.29, 0.717) is 0 Å². The smallest absolute Gasteiger partial charge is 0.261 e. The molecule has 0 radical (unpaired) electrons. The van der Waals surface area contributed by atoms with Crippen molar-refractivity contribution in [1.29, 1.82) is 0 Å². The fourth-order valence-corrected chi connectivity index (χ4v) is 1.27. The van der Waals surface area contributed by atoms with Gasteiger partial charge in [-0.3, -0.25) is 0 Å². The van der Waals surface area contributed by atoms with E-state index in [1.807, 2.05) is 0 Å². The second kappa shape index (κ2) is 3.82. The van der Waals surface area contributed by atoms with Gasteiger partial charge in [0, 0.05) is 0 Å². The fourth-order valence-electron chi connectivity index (χ4n) is 1.27. The van der Waals surface area contributed by atoms with Crippen LogP contribution in [-0.2, 0) is 4.74 Å². The normalized spacial score (nSPS) is 48.6. The first kappa shape index (κ1) is 11.4. The molecule has 1 fully saturated rings. The summed E-state index contributed by atoms with van der Waals surface area (Å²) in [6.07, 6.45) is -1.31. The van der Waals surface area contributed by atoms with Crippen molar-refractivity contribution in [2.45, 2.75) is 30.2 Å². The minimum Gasteiger partial charge on any atom is -0.394 e. The Morgan fingerprint density at radius 1 is 1.29 bits per heavy atom. The number of rotatable bonds is 1. The molecule has 0 aromatic heterocycles. The SMILES string of the molecule is C#C[C@@]1(O)O[C@H](CO)[C@@H](O)[C@H](O)[C@@H]1O. The third-order valence-electron chi connectivity index (χ3n) is 2.17. The van der Waals surface area contributed by atoms with E-state index in [2.05, 4.69) is 4.74 Å². The van der Waals surface area contributed by atoms with E-state index in [0.717, 1.165) is 0 Å². The van der Waals surface area contributed by atoms with Gasteiger partial charge in [0.2, 0.25) is 0 Å². The standard InChI is InChI=1S/C8H12O6/c1-2-8(13)7(12)6(11)5(10)4(3-9)14-8/h1,4-7,9-13H,3H2/t4-,5-,6+,7+,8-/m1/s1. The van der Waals surface area contributed by atoms with Gasteiger partial charge in [0.25, 0.3) is 5.79 Å². The maximum Gasteiger partial charge on any atom is 0.261 e. The zero-order valence-electron chi connectivity index (χ0n) is 7.24. The molecule has 6 nitrogen and oxygen atoms in total. The fraction of sp³-hybridized carbons (Fsp3) is 0.750. The van der Waals surface area contributed by atoms with Crippen LogP contribution in [0.1, 0.15) is 0 Å². The molecule has 1 rings (SSSR count). The van der Waals surface area contributed by atoms with Crippen LogP contribution in [0.25, 0.3) is 0 Å². The highest BCUT2D eigenvalue weighted by Crippen LogP contribution is 2.27. The molecule has 0 saturated carbocycles. The maximum atomic E-state index is 9.45. The van der Waals surface area contributed by atoms with Gasteiger partial charge < -0.3 is 30.3 Å². The molecule has 0 bridgehead atoms. The van der Waals surface area contributed by atoms with Gasteiger partial charge in [-0.2, -0.15) is 0 Å². The first-order valence-electron chi connectivity index (χ1n) is 3.99. The summed E-state index contributed by atoms with van der Waals surface area (Å²) in [5, 5.41) is 46.0. The third kappa shape index (κ3) is 1.62. The lowest BCUT2D eigenvalue weighted by Crippen LogP contribution is -2.64. The summed E-state index contributed by atoms with van der Waals surface area (Å²) in [5.74, 6) is -0.636. The van der Waals surface area contributed by atoms with Crippen molar-refractivity contribution < 1.29 is 30.3 Å². The van der Waals surface area contributed by atoms with E-state index in [-0.39, 0.29) is 0 Å². The molecule has 1 aliphatic rings. The summed E-state index contributed by atoms with van der Waals surface area (Å²) in [7, 11) is 0. The molecule has 0 unspecified atom stereocenters. The van der Waals surface area contributed by atoms with Crippen LogP contribution in [0.2, 0.25) is 0 Å². The van der Waals surface area contributed by atoms with Crippen molar-refractivity contribution in [3.8, 4) is 12.3 Å². The van der Waals surface area contributed by atoms with E-state index in [9.17, 15) is 20.4 Å². The monoisotopic (exact) mass is 204 g/mol. The molecule has 0 aliphatic carbocycles. The Morgan fingerprint density at radius 3 is 2.29 bits per heavy atom. The topological polar surface area (TPSA) is 110 Å². The summed E-state index contributed by atoms with van der Waals surface area (Å²) in [6, 6.07) is 0. The second-order valence-corrected chi connectivity index (χ2v) is 3.11. The largest absolute Gasteiger partial charge is 0.394 e. The van der Waals surface area contributed by atoms with Crippen molar-refractivity contribution in [2.75, 3.05) is 6.61 Å². The Kier molecular flexibility index (Phi) is 3.11. The van der Waals surface area contributed by atoms with Crippen molar-refractivity contribution in [3.05, 3.63) is 0 Å². The Bertz CT molecular complexity index is 247. The Balaban J connectivity index is 2.91. The molecule has 1 aliphatic heterocycles. The third-order valence-corrected chi connectivity index (χ3v) is 2.17. The molecule has 1 saturated heterocycles.